The van der Waals surface area contributed by atoms with Crippen LogP contribution in [0.3, 0.4) is 0 Å². The van der Waals surface area contributed by atoms with Crippen molar-refractivity contribution in [2.24, 2.45) is 11.8 Å². The van der Waals surface area contributed by atoms with Crippen LogP contribution in [0.15, 0.2) is 83.6 Å². The van der Waals surface area contributed by atoms with Crippen molar-refractivity contribution >= 4 is 43.2 Å². The molecule has 0 aromatic heterocycles. The molecule has 10 heteroatoms. The molecular formula is C20H22Cl2N2O4S2. The highest BCUT2D eigenvalue weighted by molar-refractivity contribution is 7.89. The van der Waals surface area contributed by atoms with Gasteiger partial charge in [-0.25, -0.2) is 26.3 Å². The minimum absolute atomic E-state index is 0.0216. The van der Waals surface area contributed by atoms with Gasteiger partial charge in [0.05, 0.1) is 9.79 Å². The molecule has 2 N–H and O–H groups in total. The van der Waals surface area contributed by atoms with Gasteiger partial charge >= 0.3 is 0 Å². The molecule has 0 unspecified atom stereocenters. The van der Waals surface area contributed by atoms with Crippen LogP contribution in [-0.4, -0.2) is 29.9 Å². The summed E-state index contributed by atoms with van der Waals surface area (Å²) in [4.78, 5) is 0.154. The van der Waals surface area contributed by atoms with Gasteiger partial charge in [0.1, 0.15) is 0 Å². The molecule has 2 aromatic carbocycles. The van der Waals surface area contributed by atoms with Gasteiger partial charge in [-0.2, -0.15) is 0 Å². The molecule has 0 saturated carbocycles. The Morgan fingerprint density at radius 2 is 1.00 bits per heavy atom. The van der Waals surface area contributed by atoms with Gasteiger partial charge in [0, 0.05) is 23.1 Å². The Kier molecular flexibility index (Phi) is 8.66. The van der Waals surface area contributed by atoms with E-state index in [9.17, 15) is 16.8 Å². The van der Waals surface area contributed by atoms with E-state index in [2.05, 4.69) is 22.6 Å². The highest BCUT2D eigenvalue weighted by Crippen LogP contribution is 2.19. The van der Waals surface area contributed by atoms with Crippen molar-refractivity contribution in [3.05, 3.63) is 83.9 Å². The Bertz CT molecular complexity index is 995. The molecule has 162 valence electrons. The molecule has 0 aliphatic heterocycles. The number of benzene rings is 2. The number of rotatable bonds is 11. The van der Waals surface area contributed by atoms with E-state index in [0.29, 0.717) is 10.0 Å². The molecule has 0 saturated heterocycles. The zero-order chi connectivity index (χ0) is 22.4. The quantitative estimate of drug-likeness (QED) is 0.469. The highest BCUT2D eigenvalue weighted by atomic mass is 35.5. The van der Waals surface area contributed by atoms with Crippen molar-refractivity contribution < 1.29 is 16.8 Å². The third-order valence-electron chi connectivity index (χ3n) is 4.42. The van der Waals surface area contributed by atoms with Crippen LogP contribution >= 0.6 is 23.2 Å². The summed E-state index contributed by atoms with van der Waals surface area (Å²) < 4.78 is 54.9. The number of nitrogens with one attached hydrogen (secondary N) is 2. The average Bonchev–Trinajstić information content (AvgIpc) is 2.71. The molecule has 2 atom stereocenters. The van der Waals surface area contributed by atoms with E-state index in [0.717, 1.165) is 0 Å². The molecular weight excluding hydrogens is 467 g/mol. The fourth-order valence-electron chi connectivity index (χ4n) is 2.63. The Morgan fingerprint density at radius 1 is 0.700 bits per heavy atom. The van der Waals surface area contributed by atoms with Crippen LogP contribution in [0.5, 0.6) is 0 Å². The first kappa shape index (κ1) is 24.6. The summed E-state index contributed by atoms with van der Waals surface area (Å²) >= 11 is 11.6. The minimum Gasteiger partial charge on any atom is -0.211 e. The smallest absolute Gasteiger partial charge is 0.211 e. The second-order valence-corrected chi connectivity index (χ2v) is 10.8. The van der Waals surface area contributed by atoms with Gasteiger partial charge in [-0.3, -0.25) is 0 Å². The molecule has 0 radical (unpaired) electrons. The molecule has 6 nitrogen and oxygen atoms in total. The van der Waals surface area contributed by atoms with Crippen molar-refractivity contribution in [3.63, 3.8) is 0 Å². The maximum Gasteiger partial charge on any atom is 0.240 e. The normalized spacial score (nSPS) is 14.1. The lowest BCUT2D eigenvalue weighted by Crippen LogP contribution is -2.36. The van der Waals surface area contributed by atoms with Crippen LogP contribution in [0, 0.1) is 11.8 Å². The fourth-order valence-corrected chi connectivity index (χ4v) is 5.02. The van der Waals surface area contributed by atoms with Gasteiger partial charge in [-0.1, -0.05) is 35.4 Å². The largest absolute Gasteiger partial charge is 0.240 e. The summed E-state index contributed by atoms with van der Waals surface area (Å²) in [6, 6.07) is 11.5. The third kappa shape index (κ3) is 6.66. The van der Waals surface area contributed by atoms with E-state index >= 15 is 0 Å². The topological polar surface area (TPSA) is 92.3 Å². The maximum absolute atomic E-state index is 12.5. The summed E-state index contributed by atoms with van der Waals surface area (Å²) in [6.07, 6.45) is 3.13. The Morgan fingerprint density at radius 3 is 1.27 bits per heavy atom. The van der Waals surface area contributed by atoms with Crippen molar-refractivity contribution in [2.75, 3.05) is 13.1 Å². The summed E-state index contributed by atoms with van der Waals surface area (Å²) in [7, 11) is -7.51. The van der Waals surface area contributed by atoms with Crippen molar-refractivity contribution in [2.45, 2.75) is 9.79 Å². The van der Waals surface area contributed by atoms with Crippen LogP contribution in [-0.2, 0) is 20.0 Å². The molecule has 0 aliphatic rings. The molecule has 0 bridgehead atoms. The van der Waals surface area contributed by atoms with Crippen LogP contribution in [0.4, 0.5) is 0 Å². The van der Waals surface area contributed by atoms with E-state index in [1.807, 2.05) is 0 Å². The van der Waals surface area contributed by atoms with E-state index in [4.69, 9.17) is 23.2 Å². The highest BCUT2D eigenvalue weighted by Gasteiger charge is 2.22. The van der Waals surface area contributed by atoms with Gasteiger partial charge in [0.15, 0.2) is 0 Å². The molecule has 0 spiro atoms. The van der Waals surface area contributed by atoms with Crippen LogP contribution in [0.25, 0.3) is 0 Å². The van der Waals surface area contributed by atoms with Gasteiger partial charge in [0.25, 0.3) is 0 Å². The lowest BCUT2D eigenvalue weighted by Gasteiger charge is -2.22. The maximum atomic E-state index is 12.5. The first-order valence-electron chi connectivity index (χ1n) is 8.84. The first-order valence-corrected chi connectivity index (χ1v) is 12.6. The number of hydrogen-bond donors (Lipinski definition) is 2. The van der Waals surface area contributed by atoms with Crippen molar-refractivity contribution in [1.29, 1.82) is 0 Å². The van der Waals surface area contributed by atoms with Gasteiger partial charge in [0.2, 0.25) is 20.0 Å². The number of halogens is 2. The first-order chi connectivity index (χ1) is 14.1. The summed E-state index contributed by atoms with van der Waals surface area (Å²) in [5, 5.41) is 0.857. The van der Waals surface area contributed by atoms with Crippen LogP contribution in [0.2, 0.25) is 10.0 Å². The van der Waals surface area contributed by atoms with E-state index in [1.165, 1.54) is 48.5 Å². The van der Waals surface area contributed by atoms with Gasteiger partial charge in [-0.15, -0.1) is 13.2 Å². The Hall–Kier alpha value is -1.68. The van der Waals surface area contributed by atoms with Crippen molar-refractivity contribution in [1.82, 2.24) is 9.44 Å². The molecule has 0 fully saturated rings. The Balaban J connectivity index is 2.04. The zero-order valence-electron chi connectivity index (χ0n) is 16.0. The molecule has 0 aliphatic carbocycles. The zero-order valence-corrected chi connectivity index (χ0v) is 19.1. The van der Waals surface area contributed by atoms with Crippen molar-refractivity contribution in [3.8, 4) is 0 Å². The van der Waals surface area contributed by atoms with Crippen LogP contribution < -0.4 is 9.44 Å². The average molecular weight is 489 g/mol. The van der Waals surface area contributed by atoms with E-state index in [1.54, 1.807) is 12.2 Å². The monoisotopic (exact) mass is 488 g/mol. The second-order valence-electron chi connectivity index (χ2n) is 6.41. The standard InChI is InChI=1S/C20H22Cl2N2O4S2/c1-3-15(13-23-29(25,26)19-9-5-17(21)6-10-19)16(4-2)14-24-30(27,28)20-11-7-18(22)8-12-20/h3-12,15-16,23-24H,1-2,13-14H2/t15-,16-/m0/s1. The predicted octanol–water partition coefficient (Wildman–Crippen LogP) is 3.85. The predicted molar refractivity (Wildman–Crippen MR) is 121 cm³/mol. The van der Waals surface area contributed by atoms with Crippen LogP contribution in [0.1, 0.15) is 0 Å². The minimum atomic E-state index is -3.76. The molecule has 0 heterocycles. The number of sulfonamides is 2. The fraction of sp³-hybridized carbons (Fsp3) is 0.200. The van der Waals surface area contributed by atoms with E-state index < -0.39 is 31.9 Å². The lowest BCUT2D eigenvalue weighted by molar-refractivity contribution is 0.457. The van der Waals surface area contributed by atoms with E-state index in [-0.39, 0.29) is 22.9 Å². The second kappa shape index (κ2) is 10.6. The Labute approximate surface area is 187 Å². The molecule has 0 amide bonds. The van der Waals surface area contributed by atoms with Gasteiger partial charge < -0.3 is 0 Å². The van der Waals surface area contributed by atoms with Gasteiger partial charge in [-0.05, 0) is 60.4 Å². The third-order valence-corrected chi connectivity index (χ3v) is 7.80. The lowest BCUT2D eigenvalue weighted by atomic mass is 9.93. The molecule has 2 aromatic rings. The SMILES string of the molecule is C=C[C@@H](CNS(=O)(=O)c1ccc(Cl)cc1)[C@@H](C=C)CNS(=O)(=O)c1ccc(Cl)cc1. The molecule has 30 heavy (non-hydrogen) atoms. The number of hydrogen-bond acceptors (Lipinski definition) is 4. The summed E-state index contributed by atoms with van der Waals surface area (Å²) in [6.45, 7) is 7.51. The summed E-state index contributed by atoms with van der Waals surface area (Å²) in [5.74, 6) is -0.782. The molecule has 2 rings (SSSR count). The summed E-state index contributed by atoms with van der Waals surface area (Å²) in [5.41, 5.74) is 0.